The summed E-state index contributed by atoms with van der Waals surface area (Å²) >= 11 is 0. The van der Waals surface area contributed by atoms with Crippen LogP contribution in [0.4, 0.5) is 0 Å². The van der Waals surface area contributed by atoms with E-state index >= 15 is 0 Å². The van der Waals surface area contributed by atoms with E-state index in [1.54, 1.807) is 11.1 Å². The van der Waals surface area contributed by atoms with Crippen LogP contribution in [0, 0.1) is 0 Å². The van der Waals surface area contributed by atoms with Crippen LogP contribution in [0.15, 0.2) is 35.5 Å². The molecule has 1 N–H and O–H groups in total. The number of hydrogen-bond acceptors (Lipinski definition) is 3. The zero-order chi connectivity index (χ0) is 15.5. The molecule has 0 fully saturated rings. The molecule has 0 radical (unpaired) electrons. The first kappa shape index (κ1) is 15.1. The molecule has 1 aliphatic carbocycles. The lowest BCUT2D eigenvalue weighted by molar-refractivity contribution is 0.317. The fourth-order valence-corrected chi connectivity index (χ4v) is 3.37. The van der Waals surface area contributed by atoms with E-state index in [2.05, 4.69) is 66.5 Å². The Morgan fingerprint density at radius 2 is 1.95 bits per heavy atom. The first-order chi connectivity index (χ1) is 10.6. The Labute approximate surface area is 134 Å². The summed E-state index contributed by atoms with van der Waals surface area (Å²) in [5.41, 5.74) is 4.56. The standard InChI is InChI=1S/C19H27N3/c1-14(2)22-12-11-19(20-13-22)21-15(3)17-10-6-8-16-7-4-5-9-18(16)17/h6,8,10-12,14-15H,4-5,7,9,13H2,1-3H3,(H,20,21)/t15-/m0/s1. The zero-order valence-electron chi connectivity index (χ0n) is 14.0. The molecule has 1 heterocycles. The second kappa shape index (κ2) is 6.55. The highest BCUT2D eigenvalue weighted by Crippen LogP contribution is 2.28. The second-order valence-electron chi connectivity index (χ2n) is 6.67. The van der Waals surface area contributed by atoms with Crippen LogP contribution in [0.25, 0.3) is 0 Å². The van der Waals surface area contributed by atoms with Gasteiger partial charge in [0.1, 0.15) is 12.5 Å². The van der Waals surface area contributed by atoms with Crippen molar-refractivity contribution in [3.05, 3.63) is 47.2 Å². The van der Waals surface area contributed by atoms with Gasteiger partial charge in [0, 0.05) is 12.2 Å². The van der Waals surface area contributed by atoms with Crippen molar-refractivity contribution in [1.29, 1.82) is 0 Å². The number of rotatable bonds is 3. The van der Waals surface area contributed by atoms with E-state index in [9.17, 15) is 0 Å². The molecule has 1 atom stereocenters. The lowest BCUT2D eigenvalue weighted by Gasteiger charge is -2.28. The Morgan fingerprint density at radius 3 is 2.68 bits per heavy atom. The number of hydrogen-bond donors (Lipinski definition) is 1. The highest BCUT2D eigenvalue weighted by atomic mass is 15.2. The van der Waals surface area contributed by atoms with Gasteiger partial charge < -0.3 is 10.2 Å². The van der Waals surface area contributed by atoms with Crippen LogP contribution >= 0.6 is 0 Å². The third-order valence-electron chi connectivity index (χ3n) is 4.75. The van der Waals surface area contributed by atoms with Crippen molar-refractivity contribution in [2.45, 2.75) is 58.5 Å². The van der Waals surface area contributed by atoms with Crippen LogP contribution in [0.3, 0.4) is 0 Å². The number of fused-ring (bicyclic) bond motifs is 1. The molecular weight excluding hydrogens is 270 g/mol. The molecule has 3 heteroatoms. The summed E-state index contributed by atoms with van der Waals surface area (Å²) in [6, 6.07) is 7.58. The summed E-state index contributed by atoms with van der Waals surface area (Å²) in [5, 5.41) is 3.58. The average molecular weight is 297 g/mol. The Bertz CT molecular complexity index is 586. The molecular formula is C19H27N3. The first-order valence-corrected chi connectivity index (χ1v) is 8.50. The molecule has 0 aromatic heterocycles. The Morgan fingerprint density at radius 1 is 1.14 bits per heavy atom. The Hall–Kier alpha value is -1.77. The molecule has 1 aliphatic heterocycles. The van der Waals surface area contributed by atoms with Gasteiger partial charge in [0.05, 0.1) is 6.04 Å². The molecule has 0 amide bonds. The van der Waals surface area contributed by atoms with Gasteiger partial charge in [-0.3, -0.25) is 0 Å². The molecule has 0 spiro atoms. The SMILES string of the molecule is CC(C)N1C=CC(N[C@@H](C)c2cccc3c2CCCC3)=NC1. The topological polar surface area (TPSA) is 27.6 Å². The minimum absolute atomic E-state index is 0.307. The fourth-order valence-electron chi connectivity index (χ4n) is 3.37. The van der Waals surface area contributed by atoms with Crippen molar-refractivity contribution in [2.24, 2.45) is 4.99 Å². The van der Waals surface area contributed by atoms with Gasteiger partial charge in [-0.05, 0) is 69.2 Å². The molecule has 0 unspecified atom stereocenters. The first-order valence-electron chi connectivity index (χ1n) is 8.50. The number of nitrogens with one attached hydrogen (secondary N) is 1. The third-order valence-corrected chi connectivity index (χ3v) is 4.75. The highest BCUT2D eigenvalue weighted by Gasteiger charge is 2.18. The van der Waals surface area contributed by atoms with Crippen molar-refractivity contribution in [2.75, 3.05) is 6.67 Å². The van der Waals surface area contributed by atoms with E-state index in [1.807, 2.05) is 0 Å². The summed E-state index contributed by atoms with van der Waals surface area (Å²) in [5.74, 6) is 0.998. The molecule has 0 saturated heterocycles. The highest BCUT2D eigenvalue weighted by molar-refractivity contribution is 5.93. The normalized spacial score (nSPS) is 18.9. The van der Waals surface area contributed by atoms with E-state index < -0.39 is 0 Å². The number of amidine groups is 1. The van der Waals surface area contributed by atoms with E-state index in [0.717, 1.165) is 12.5 Å². The van der Waals surface area contributed by atoms with Crippen LogP contribution in [0.1, 0.15) is 56.3 Å². The smallest absolute Gasteiger partial charge is 0.124 e. The van der Waals surface area contributed by atoms with E-state index in [0.29, 0.717) is 12.1 Å². The minimum Gasteiger partial charge on any atom is -0.364 e. The van der Waals surface area contributed by atoms with Gasteiger partial charge in [0.15, 0.2) is 0 Å². The summed E-state index contributed by atoms with van der Waals surface area (Å²) in [6.07, 6.45) is 9.35. The van der Waals surface area contributed by atoms with Crippen LogP contribution in [-0.2, 0) is 12.8 Å². The van der Waals surface area contributed by atoms with Crippen LogP contribution < -0.4 is 5.32 Å². The Balaban J connectivity index is 1.71. The van der Waals surface area contributed by atoms with Gasteiger partial charge in [-0.25, -0.2) is 4.99 Å². The van der Waals surface area contributed by atoms with E-state index in [-0.39, 0.29) is 0 Å². The number of benzene rings is 1. The summed E-state index contributed by atoms with van der Waals surface area (Å²) in [7, 11) is 0. The van der Waals surface area contributed by atoms with Crippen LogP contribution in [-0.4, -0.2) is 23.4 Å². The number of nitrogens with zero attached hydrogens (tertiary/aromatic N) is 2. The van der Waals surface area contributed by atoms with Crippen molar-refractivity contribution >= 4 is 5.84 Å². The quantitative estimate of drug-likeness (QED) is 0.918. The van der Waals surface area contributed by atoms with E-state index in [4.69, 9.17) is 0 Å². The summed E-state index contributed by atoms with van der Waals surface area (Å²) in [6.45, 7) is 7.37. The Kier molecular flexibility index (Phi) is 4.51. The van der Waals surface area contributed by atoms with Crippen molar-refractivity contribution in [3.63, 3.8) is 0 Å². The monoisotopic (exact) mass is 297 g/mol. The van der Waals surface area contributed by atoms with Crippen LogP contribution in [0.2, 0.25) is 0 Å². The molecule has 0 saturated carbocycles. The zero-order valence-corrected chi connectivity index (χ0v) is 14.0. The lowest BCUT2D eigenvalue weighted by atomic mass is 9.86. The van der Waals surface area contributed by atoms with Gasteiger partial charge in [0.25, 0.3) is 0 Å². The maximum Gasteiger partial charge on any atom is 0.124 e. The number of aryl methyl sites for hydroxylation is 1. The largest absolute Gasteiger partial charge is 0.364 e. The maximum atomic E-state index is 4.65. The molecule has 3 rings (SSSR count). The van der Waals surface area contributed by atoms with Gasteiger partial charge in [0.2, 0.25) is 0 Å². The molecule has 118 valence electrons. The van der Waals surface area contributed by atoms with Gasteiger partial charge in [-0.15, -0.1) is 0 Å². The maximum absolute atomic E-state index is 4.65. The van der Waals surface area contributed by atoms with Gasteiger partial charge >= 0.3 is 0 Å². The van der Waals surface area contributed by atoms with Crippen molar-refractivity contribution < 1.29 is 0 Å². The predicted octanol–water partition coefficient (Wildman–Crippen LogP) is 3.81. The number of aliphatic imine (C=N–C) groups is 1. The minimum atomic E-state index is 0.307. The van der Waals surface area contributed by atoms with E-state index in [1.165, 1.54) is 31.2 Å². The summed E-state index contributed by atoms with van der Waals surface area (Å²) < 4.78 is 0. The van der Waals surface area contributed by atoms with Gasteiger partial charge in [-0.1, -0.05) is 18.2 Å². The fraction of sp³-hybridized carbons (Fsp3) is 0.526. The van der Waals surface area contributed by atoms with Crippen LogP contribution in [0.5, 0.6) is 0 Å². The predicted molar refractivity (Wildman–Crippen MR) is 93.1 cm³/mol. The van der Waals surface area contributed by atoms with Crippen molar-refractivity contribution in [3.8, 4) is 0 Å². The second-order valence-corrected chi connectivity index (χ2v) is 6.67. The van der Waals surface area contributed by atoms with Crippen molar-refractivity contribution in [1.82, 2.24) is 10.2 Å². The molecule has 22 heavy (non-hydrogen) atoms. The third kappa shape index (κ3) is 3.18. The molecule has 0 bridgehead atoms. The molecule has 2 aliphatic rings. The average Bonchev–Trinajstić information content (AvgIpc) is 2.54. The lowest BCUT2D eigenvalue weighted by Crippen LogP contribution is -2.34. The molecule has 1 aromatic carbocycles. The van der Waals surface area contributed by atoms with Gasteiger partial charge in [-0.2, -0.15) is 0 Å². The molecule has 1 aromatic rings. The molecule has 3 nitrogen and oxygen atoms in total. The summed E-state index contributed by atoms with van der Waals surface area (Å²) in [4.78, 5) is 6.89.